The second-order valence-corrected chi connectivity index (χ2v) is 8.91. The summed E-state index contributed by atoms with van der Waals surface area (Å²) in [4.78, 5) is 29.7. The minimum absolute atomic E-state index is 0.0905. The van der Waals surface area contributed by atoms with Gasteiger partial charge in [0.1, 0.15) is 17.3 Å². The fourth-order valence-electron chi connectivity index (χ4n) is 4.17. The Morgan fingerprint density at radius 3 is 2.35 bits per heavy atom. The molecule has 1 amide bonds. The molecule has 2 aromatic carbocycles. The zero-order chi connectivity index (χ0) is 25.0. The van der Waals surface area contributed by atoms with Crippen molar-refractivity contribution in [3.05, 3.63) is 64.7 Å². The molecule has 1 unspecified atom stereocenters. The lowest BCUT2D eigenvalue weighted by atomic mass is 9.93. The van der Waals surface area contributed by atoms with Gasteiger partial charge in [-0.3, -0.25) is 9.59 Å². The number of hydrogen-bond donors (Lipinski definition) is 1. The summed E-state index contributed by atoms with van der Waals surface area (Å²) in [6.45, 7) is 7.44. The van der Waals surface area contributed by atoms with Crippen molar-refractivity contribution < 1.29 is 24.2 Å². The minimum atomic E-state index is -0.694. The first-order valence-corrected chi connectivity index (χ1v) is 11.5. The number of aliphatic hydroxyl groups is 1. The summed E-state index contributed by atoms with van der Waals surface area (Å²) in [5, 5.41) is 11.3. The molecule has 0 bridgehead atoms. The van der Waals surface area contributed by atoms with E-state index in [0.29, 0.717) is 36.8 Å². The molecule has 182 valence electrons. The van der Waals surface area contributed by atoms with Crippen molar-refractivity contribution in [2.24, 2.45) is 0 Å². The molecule has 0 radical (unpaired) electrons. The molecule has 7 nitrogen and oxygen atoms in total. The molecule has 3 rings (SSSR count). The number of likely N-dealkylation sites (tertiary alicyclic amines) is 1. The van der Waals surface area contributed by atoms with Crippen LogP contribution in [0.2, 0.25) is 0 Å². The fourth-order valence-corrected chi connectivity index (χ4v) is 4.17. The Morgan fingerprint density at radius 2 is 1.79 bits per heavy atom. The van der Waals surface area contributed by atoms with E-state index in [1.54, 1.807) is 19.2 Å². The first kappa shape index (κ1) is 25.3. The number of amides is 1. The monoisotopic (exact) mass is 466 g/mol. The lowest BCUT2D eigenvalue weighted by molar-refractivity contribution is -0.140. The van der Waals surface area contributed by atoms with E-state index in [1.807, 2.05) is 70.1 Å². The number of nitrogens with zero attached hydrogens (tertiary/aromatic N) is 2. The molecule has 0 aromatic heterocycles. The Hall–Kier alpha value is -3.32. The summed E-state index contributed by atoms with van der Waals surface area (Å²) in [5.74, 6) is 0.0763. The van der Waals surface area contributed by atoms with Gasteiger partial charge in [0.25, 0.3) is 11.7 Å². The third-order valence-electron chi connectivity index (χ3n) is 5.96. The number of likely N-dealkylation sites (N-methyl/N-ethyl adjacent to an activating group) is 1. The van der Waals surface area contributed by atoms with Crippen molar-refractivity contribution in [2.45, 2.75) is 32.7 Å². The summed E-state index contributed by atoms with van der Waals surface area (Å²) >= 11 is 0. The predicted octanol–water partition coefficient (Wildman–Crippen LogP) is 4.20. The first-order valence-electron chi connectivity index (χ1n) is 11.5. The molecule has 1 N–H and O–H groups in total. The van der Waals surface area contributed by atoms with E-state index in [-0.39, 0.29) is 17.3 Å². The number of Topliss-reactive ketones (excluding diaryl/α,β-unsaturated/α-hetero) is 1. The van der Waals surface area contributed by atoms with Gasteiger partial charge in [-0.25, -0.2) is 0 Å². The molecule has 1 saturated heterocycles. The minimum Gasteiger partial charge on any atom is -0.507 e. The van der Waals surface area contributed by atoms with Crippen molar-refractivity contribution in [2.75, 3.05) is 40.9 Å². The highest BCUT2D eigenvalue weighted by Gasteiger charge is 2.46. The van der Waals surface area contributed by atoms with Gasteiger partial charge in [-0.1, -0.05) is 26.0 Å². The summed E-state index contributed by atoms with van der Waals surface area (Å²) in [6, 6.07) is 11.9. The lowest BCUT2D eigenvalue weighted by Crippen LogP contribution is -2.35. The Morgan fingerprint density at radius 1 is 1.12 bits per heavy atom. The van der Waals surface area contributed by atoms with Gasteiger partial charge in [0, 0.05) is 18.7 Å². The van der Waals surface area contributed by atoms with Crippen molar-refractivity contribution in [3.8, 4) is 11.5 Å². The third kappa shape index (κ3) is 5.09. The summed E-state index contributed by atoms with van der Waals surface area (Å²) in [5.41, 5.74) is 2.21. The van der Waals surface area contributed by atoms with Gasteiger partial charge in [-0.15, -0.1) is 0 Å². The highest BCUT2D eigenvalue weighted by atomic mass is 16.5. The van der Waals surface area contributed by atoms with E-state index < -0.39 is 17.7 Å². The molecule has 2 aromatic rings. The second kappa shape index (κ2) is 10.7. The third-order valence-corrected chi connectivity index (χ3v) is 5.96. The number of hydrogen-bond acceptors (Lipinski definition) is 6. The van der Waals surface area contributed by atoms with Gasteiger partial charge >= 0.3 is 0 Å². The van der Waals surface area contributed by atoms with Crippen molar-refractivity contribution in [1.29, 1.82) is 0 Å². The van der Waals surface area contributed by atoms with Crippen LogP contribution in [0.25, 0.3) is 5.76 Å². The number of rotatable bonds is 9. The molecule has 0 spiro atoms. The number of aliphatic hydroxyl groups excluding tert-OH is 1. The van der Waals surface area contributed by atoms with Gasteiger partial charge < -0.3 is 24.4 Å². The molecular formula is C27H34N2O5. The van der Waals surface area contributed by atoms with Crippen molar-refractivity contribution >= 4 is 17.4 Å². The quantitative estimate of drug-likeness (QED) is 0.339. The number of ketones is 1. The Labute approximate surface area is 201 Å². The maximum atomic E-state index is 13.2. The Kier molecular flexibility index (Phi) is 7.99. The topological polar surface area (TPSA) is 79.3 Å². The molecule has 1 aliphatic rings. The zero-order valence-electron chi connectivity index (χ0n) is 20.8. The van der Waals surface area contributed by atoms with Crippen LogP contribution in [-0.4, -0.2) is 67.5 Å². The summed E-state index contributed by atoms with van der Waals surface area (Å²) < 4.78 is 11.0. The van der Waals surface area contributed by atoms with Gasteiger partial charge in [-0.05, 0) is 68.4 Å². The summed E-state index contributed by atoms with van der Waals surface area (Å²) in [6.07, 6.45) is 0. The molecule has 1 atom stereocenters. The van der Waals surface area contributed by atoms with Crippen LogP contribution in [0.5, 0.6) is 11.5 Å². The normalized spacial score (nSPS) is 17.6. The molecule has 0 aliphatic carbocycles. The number of carbonyl (C=O) groups excluding carboxylic acids is 2. The van der Waals surface area contributed by atoms with Crippen LogP contribution in [0.1, 0.15) is 49.4 Å². The van der Waals surface area contributed by atoms with Crippen LogP contribution in [0.3, 0.4) is 0 Å². The largest absolute Gasteiger partial charge is 0.507 e. The number of benzene rings is 2. The molecule has 34 heavy (non-hydrogen) atoms. The Balaban J connectivity index is 2.15. The first-order chi connectivity index (χ1) is 16.2. The van der Waals surface area contributed by atoms with Gasteiger partial charge in [0.05, 0.1) is 25.3 Å². The standard InChI is InChI=1S/C27H34N2O5/c1-7-34-20-11-8-18(9-12-20)24-23(26(31)27(32)29(24)15-14-28(4)5)25(30)19-10-13-22(33-6)21(16-19)17(2)3/h8-13,16-17,24,30H,7,14-15H2,1-6H3/b25-23-. The van der Waals surface area contributed by atoms with Crippen molar-refractivity contribution in [3.63, 3.8) is 0 Å². The second-order valence-electron chi connectivity index (χ2n) is 8.91. The molecule has 7 heteroatoms. The van der Waals surface area contributed by atoms with Crippen LogP contribution in [0, 0.1) is 0 Å². The lowest BCUT2D eigenvalue weighted by Gasteiger charge is -2.26. The van der Waals surface area contributed by atoms with E-state index in [4.69, 9.17) is 9.47 Å². The van der Waals surface area contributed by atoms with Crippen LogP contribution in [-0.2, 0) is 9.59 Å². The molecular weight excluding hydrogens is 432 g/mol. The van der Waals surface area contributed by atoms with E-state index in [9.17, 15) is 14.7 Å². The zero-order valence-corrected chi connectivity index (χ0v) is 20.8. The van der Waals surface area contributed by atoms with E-state index in [1.165, 1.54) is 4.90 Å². The van der Waals surface area contributed by atoms with Gasteiger partial charge in [0.15, 0.2) is 0 Å². The van der Waals surface area contributed by atoms with E-state index in [2.05, 4.69) is 0 Å². The Bertz CT molecular complexity index is 1070. The smallest absolute Gasteiger partial charge is 0.295 e. The van der Waals surface area contributed by atoms with E-state index in [0.717, 1.165) is 11.1 Å². The van der Waals surface area contributed by atoms with Crippen LogP contribution < -0.4 is 9.47 Å². The molecule has 0 saturated carbocycles. The number of ether oxygens (including phenoxy) is 2. The maximum Gasteiger partial charge on any atom is 0.295 e. The maximum absolute atomic E-state index is 13.2. The van der Waals surface area contributed by atoms with Crippen LogP contribution in [0.15, 0.2) is 48.0 Å². The fraction of sp³-hybridized carbons (Fsp3) is 0.407. The van der Waals surface area contributed by atoms with Crippen LogP contribution in [0.4, 0.5) is 0 Å². The average Bonchev–Trinajstić information content (AvgIpc) is 3.07. The van der Waals surface area contributed by atoms with E-state index >= 15 is 0 Å². The summed E-state index contributed by atoms with van der Waals surface area (Å²) in [7, 11) is 5.42. The predicted molar refractivity (Wildman–Crippen MR) is 132 cm³/mol. The highest BCUT2D eigenvalue weighted by molar-refractivity contribution is 6.46. The molecule has 1 aliphatic heterocycles. The molecule has 1 heterocycles. The highest BCUT2D eigenvalue weighted by Crippen LogP contribution is 2.40. The van der Waals surface area contributed by atoms with Crippen molar-refractivity contribution in [1.82, 2.24) is 9.80 Å². The molecule has 1 fully saturated rings. The average molecular weight is 467 g/mol. The van der Waals surface area contributed by atoms with Gasteiger partial charge in [0.2, 0.25) is 0 Å². The number of carbonyl (C=O) groups is 2. The SMILES string of the molecule is CCOc1ccc(C2/C(=C(/O)c3ccc(OC)c(C(C)C)c3)C(=O)C(=O)N2CCN(C)C)cc1. The number of methoxy groups -OCH3 is 1. The van der Waals surface area contributed by atoms with Crippen LogP contribution >= 0.6 is 0 Å². The van der Waals surface area contributed by atoms with Gasteiger partial charge in [-0.2, -0.15) is 0 Å².